The molecule has 0 radical (unpaired) electrons. The number of amides is 2. The first-order valence-electron chi connectivity index (χ1n) is 12.8. The van der Waals surface area contributed by atoms with Crippen molar-refractivity contribution in [3.8, 4) is 23.0 Å². The Bertz CT molecular complexity index is 1920. The summed E-state index contributed by atoms with van der Waals surface area (Å²) in [5.41, 5.74) is -0.0182. The molecule has 0 atom stereocenters. The van der Waals surface area contributed by atoms with E-state index in [4.69, 9.17) is 39.8 Å². The van der Waals surface area contributed by atoms with E-state index in [0.717, 1.165) is 11.3 Å². The van der Waals surface area contributed by atoms with Crippen LogP contribution in [0.25, 0.3) is 0 Å². The molecule has 0 aliphatic carbocycles. The number of halogens is 1. The molecule has 0 bridgehead atoms. The molecule has 244 valence electrons. The highest BCUT2D eigenvalue weighted by molar-refractivity contribution is 7.93. The molecule has 4 aromatic rings. The Morgan fingerprint density at radius 3 is 1.87 bits per heavy atom. The second-order valence-corrected chi connectivity index (χ2v) is 12.0. The number of aryl methyl sites for hydroxylation is 1. The maximum absolute atomic E-state index is 13.7. The summed E-state index contributed by atoms with van der Waals surface area (Å²) in [6.07, 6.45) is 0. The zero-order chi connectivity index (χ0) is 33.8. The van der Waals surface area contributed by atoms with E-state index in [-0.39, 0.29) is 71.9 Å². The predicted molar refractivity (Wildman–Crippen MR) is 168 cm³/mol. The van der Waals surface area contributed by atoms with E-state index < -0.39 is 27.8 Å². The minimum atomic E-state index is -4.37. The van der Waals surface area contributed by atoms with Crippen molar-refractivity contribution in [1.82, 2.24) is 5.16 Å². The lowest BCUT2D eigenvalue weighted by atomic mass is 10.1. The van der Waals surface area contributed by atoms with Crippen LogP contribution in [0, 0.1) is 6.92 Å². The van der Waals surface area contributed by atoms with Crippen molar-refractivity contribution >= 4 is 68.0 Å². The fourth-order valence-electron chi connectivity index (χ4n) is 4.07. The minimum absolute atomic E-state index is 0.000542. The Morgan fingerprint density at radius 2 is 1.35 bits per heavy atom. The molecule has 0 fully saturated rings. The van der Waals surface area contributed by atoms with Gasteiger partial charge in [-0.2, -0.15) is 0 Å². The summed E-state index contributed by atoms with van der Waals surface area (Å²) in [7, 11) is 2.24. The molecule has 18 heteroatoms. The first-order chi connectivity index (χ1) is 21.9. The third kappa shape index (κ3) is 6.80. The Balaban J connectivity index is 1.73. The SMILES string of the molecule is COC(=O)c1cc(OC)c(OC)cc1NC(=O)c1cc(OC)c(OC)cc1NC(=O)c1sccc1S(=O)(=O)Nc1onc(C)c1Cl. The third-order valence-corrected chi connectivity index (χ3v) is 9.20. The van der Waals surface area contributed by atoms with Crippen molar-refractivity contribution in [3.63, 3.8) is 0 Å². The number of methoxy groups -OCH3 is 5. The monoisotopic (exact) mass is 694 g/mol. The number of esters is 1. The minimum Gasteiger partial charge on any atom is -0.493 e. The Labute approximate surface area is 271 Å². The number of carbonyl (C=O) groups excluding carboxylic acids is 3. The van der Waals surface area contributed by atoms with E-state index in [1.165, 1.54) is 78.2 Å². The molecule has 46 heavy (non-hydrogen) atoms. The van der Waals surface area contributed by atoms with Crippen LogP contribution in [0.1, 0.15) is 36.1 Å². The number of sulfonamides is 1. The molecular weight excluding hydrogens is 668 g/mol. The second-order valence-electron chi connectivity index (χ2n) is 9.04. The van der Waals surface area contributed by atoms with Gasteiger partial charge in [-0.15, -0.1) is 11.3 Å². The quantitative estimate of drug-likeness (QED) is 0.171. The van der Waals surface area contributed by atoms with Crippen molar-refractivity contribution in [2.24, 2.45) is 0 Å². The van der Waals surface area contributed by atoms with Crippen LogP contribution in [-0.4, -0.2) is 66.9 Å². The average molecular weight is 695 g/mol. The number of anilines is 3. The summed E-state index contributed by atoms with van der Waals surface area (Å²) in [6.45, 7) is 1.52. The van der Waals surface area contributed by atoms with Crippen LogP contribution in [0.4, 0.5) is 17.3 Å². The van der Waals surface area contributed by atoms with Gasteiger partial charge >= 0.3 is 5.97 Å². The summed E-state index contributed by atoms with van der Waals surface area (Å²) >= 11 is 6.88. The van der Waals surface area contributed by atoms with Gasteiger partial charge in [0.25, 0.3) is 27.7 Å². The molecule has 0 spiro atoms. The number of nitrogens with one attached hydrogen (secondary N) is 3. The van der Waals surface area contributed by atoms with E-state index in [1.807, 2.05) is 0 Å². The fourth-order valence-corrected chi connectivity index (χ4v) is 6.57. The van der Waals surface area contributed by atoms with Crippen molar-refractivity contribution in [3.05, 3.63) is 62.4 Å². The van der Waals surface area contributed by atoms with Crippen LogP contribution < -0.4 is 34.3 Å². The summed E-state index contributed by atoms with van der Waals surface area (Å²) in [4.78, 5) is 39.2. The molecule has 4 rings (SSSR count). The van der Waals surface area contributed by atoms with Crippen LogP contribution in [0.3, 0.4) is 0 Å². The number of rotatable bonds is 12. The number of carbonyl (C=O) groups is 3. The molecule has 15 nitrogen and oxygen atoms in total. The third-order valence-electron chi connectivity index (χ3n) is 6.34. The van der Waals surface area contributed by atoms with Gasteiger partial charge in [-0.1, -0.05) is 16.8 Å². The van der Waals surface area contributed by atoms with Gasteiger partial charge in [-0.05, 0) is 24.4 Å². The molecule has 2 amide bonds. The number of benzene rings is 2. The van der Waals surface area contributed by atoms with Crippen LogP contribution >= 0.6 is 22.9 Å². The van der Waals surface area contributed by atoms with Crippen LogP contribution in [-0.2, 0) is 14.8 Å². The summed E-state index contributed by atoms with van der Waals surface area (Å²) in [5.74, 6) is -2.09. The maximum Gasteiger partial charge on any atom is 0.340 e. The first kappa shape index (κ1) is 33.9. The molecular formula is C28H27ClN4O11S2. The second kappa shape index (κ2) is 14.0. The molecule has 0 saturated carbocycles. The largest absolute Gasteiger partial charge is 0.493 e. The Kier molecular flexibility index (Phi) is 10.3. The topological polar surface area (TPSA) is 194 Å². The van der Waals surface area contributed by atoms with E-state index in [1.54, 1.807) is 0 Å². The van der Waals surface area contributed by atoms with Gasteiger partial charge in [0.05, 0.1) is 58.1 Å². The van der Waals surface area contributed by atoms with Crippen molar-refractivity contribution in [1.29, 1.82) is 0 Å². The standard InChI is InChI=1S/C28H27ClN4O11S2/c1-13-23(29)27(44-32-13)33-46(37,38)22-7-8-45-24(22)26(35)31-16-11-20(41-4)18(39-2)9-14(16)25(34)30-17-12-21(42-5)19(40-3)10-15(17)28(36)43-6/h7-12,33H,1-6H3,(H,30,34)(H,31,35). The normalized spacial score (nSPS) is 10.9. The number of nitrogens with zero attached hydrogens (tertiary/aromatic N) is 1. The molecule has 0 unspecified atom stereocenters. The Morgan fingerprint density at radius 1 is 0.826 bits per heavy atom. The smallest absolute Gasteiger partial charge is 0.340 e. The van der Waals surface area contributed by atoms with Gasteiger partial charge in [-0.3, -0.25) is 9.59 Å². The molecule has 0 aliphatic heterocycles. The highest BCUT2D eigenvalue weighted by Gasteiger charge is 2.29. The van der Waals surface area contributed by atoms with Gasteiger partial charge in [0.15, 0.2) is 23.0 Å². The molecule has 2 heterocycles. The lowest BCUT2D eigenvalue weighted by Crippen LogP contribution is -2.21. The zero-order valence-electron chi connectivity index (χ0n) is 25.1. The maximum atomic E-state index is 13.7. The lowest BCUT2D eigenvalue weighted by Gasteiger charge is -2.18. The fraction of sp³-hybridized carbons (Fsp3) is 0.214. The molecule has 3 N–H and O–H groups in total. The molecule has 0 aliphatic rings. The van der Waals surface area contributed by atoms with Crippen molar-refractivity contribution < 1.29 is 51.0 Å². The highest BCUT2D eigenvalue weighted by atomic mass is 35.5. The van der Waals surface area contributed by atoms with Gasteiger partial charge in [0.2, 0.25) is 0 Å². The van der Waals surface area contributed by atoms with Crippen LogP contribution in [0.5, 0.6) is 23.0 Å². The van der Waals surface area contributed by atoms with Crippen molar-refractivity contribution in [2.45, 2.75) is 11.8 Å². The number of aromatic nitrogens is 1. The first-order valence-corrected chi connectivity index (χ1v) is 15.6. The van der Waals surface area contributed by atoms with E-state index in [2.05, 4.69) is 20.5 Å². The summed E-state index contributed by atoms with van der Waals surface area (Å²) in [6, 6.07) is 6.52. The van der Waals surface area contributed by atoms with Gasteiger partial charge < -0.3 is 38.8 Å². The van der Waals surface area contributed by atoms with E-state index in [9.17, 15) is 22.8 Å². The van der Waals surface area contributed by atoms with Gasteiger partial charge in [0, 0.05) is 18.2 Å². The molecule has 0 saturated heterocycles. The lowest BCUT2D eigenvalue weighted by molar-refractivity contribution is 0.0601. The average Bonchev–Trinajstić information content (AvgIpc) is 3.67. The molecule has 2 aromatic heterocycles. The number of thiophene rings is 1. The van der Waals surface area contributed by atoms with Gasteiger partial charge in [-0.25, -0.2) is 17.9 Å². The zero-order valence-corrected chi connectivity index (χ0v) is 27.5. The van der Waals surface area contributed by atoms with Gasteiger partial charge in [0.1, 0.15) is 20.5 Å². The van der Waals surface area contributed by atoms with Crippen LogP contribution in [0.15, 0.2) is 45.1 Å². The van der Waals surface area contributed by atoms with Crippen LogP contribution in [0.2, 0.25) is 5.02 Å². The van der Waals surface area contributed by atoms with E-state index in [0.29, 0.717) is 0 Å². The summed E-state index contributed by atoms with van der Waals surface area (Å²) in [5, 5.41) is 10.1. The van der Waals surface area contributed by atoms with Crippen molar-refractivity contribution in [2.75, 3.05) is 50.9 Å². The number of hydrogen-bond acceptors (Lipinski definition) is 13. The molecule has 2 aromatic carbocycles. The number of hydrogen-bond donors (Lipinski definition) is 3. The number of ether oxygens (including phenoxy) is 5. The highest BCUT2D eigenvalue weighted by Crippen LogP contribution is 2.37. The van der Waals surface area contributed by atoms with E-state index >= 15 is 0 Å². The Hall–Kier alpha value is -5.00. The summed E-state index contributed by atoms with van der Waals surface area (Å²) < 4.78 is 59.6. The predicted octanol–water partition coefficient (Wildman–Crippen LogP) is 4.82.